The summed E-state index contributed by atoms with van der Waals surface area (Å²) in [5, 5.41) is 0. The van der Waals surface area contributed by atoms with Crippen LogP contribution in [-0.4, -0.2) is 34.6 Å². The van der Waals surface area contributed by atoms with E-state index in [2.05, 4.69) is 20.7 Å². The van der Waals surface area contributed by atoms with Gasteiger partial charge in [-0.15, -0.1) is 0 Å². The molecule has 0 aliphatic carbocycles. The lowest BCUT2D eigenvalue weighted by molar-refractivity contribution is 0.0687. The van der Waals surface area contributed by atoms with Crippen LogP contribution in [0.1, 0.15) is 41.0 Å². The number of nitrogens with one attached hydrogen (secondary N) is 1. The van der Waals surface area contributed by atoms with Gasteiger partial charge in [0.15, 0.2) is 0 Å². The summed E-state index contributed by atoms with van der Waals surface area (Å²) in [4.78, 5) is 28.2. The Labute approximate surface area is 241 Å². The van der Waals surface area contributed by atoms with E-state index in [1.54, 1.807) is 81.9 Å². The van der Waals surface area contributed by atoms with Crippen LogP contribution >= 0.6 is 15.9 Å². The number of aryl methyl sites for hydroxylation is 1. The first-order chi connectivity index (χ1) is 18.8. The van der Waals surface area contributed by atoms with Gasteiger partial charge in [0.05, 0.1) is 16.3 Å². The SMILES string of the molecule is Cc1ccc(S(=O)(=O)Nc2c(C)n(C)n(-c3ccccc3)c2=O)cc1C(=O)N(Cc1cc(Br)ccc1F)C(C)C. The Balaban J connectivity index is 1.70. The molecule has 0 saturated heterocycles. The third kappa shape index (κ3) is 5.75. The van der Waals surface area contributed by atoms with Gasteiger partial charge >= 0.3 is 0 Å². The second kappa shape index (κ2) is 11.4. The first kappa shape index (κ1) is 29.3. The molecule has 3 aromatic carbocycles. The average molecular weight is 630 g/mol. The summed E-state index contributed by atoms with van der Waals surface area (Å²) >= 11 is 3.34. The van der Waals surface area contributed by atoms with Crippen LogP contribution in [0.15, 0.2) is 80.9 Å². The highest BCUT2D eigenvalue weighted by Crippen LogP contribution is 2.24. The summed E-state index contributed by atoms with van der Waals surface area (Å²) in [7, 11) is -2.58. The van der Waals surface area contributed by atoms with Crippen molar-refractivity contribution in [1.29, 1.82) is 0 Å². The molecular weight excluding hydrogens is 599 g/mol. The van der Waals surface area contributed by atoms with Crippen LogP contribution in [0.3, 0.4) is 0 Å². The first-order valence-corrected chi connectivity index (χ1v) is 14.8. The van der Waals surface area contributed by atoms with Crippen LogP contribution in [0.4, 0.5) is 10.1 Å². The third-order valence-electron chi connectivity index (χ3n) is 6.77. The number of sulfonamides is 1. The van der Waals surface area contributed by atoms with Gasteiger partial charge in [0.25, 0.3) is 21.5 Å². The number of carbonyl (C=O) groups is 1. The summed E-state index contributed by atoms with van der Waals surface area (Å²) in [6.45, 7) is 6.96. The number of anilines is 1. The Morgan fingerprint density at radius 3 is 2.38 bits per heavy atom. The topological polar surface area (TPSA) is 93.4 Å². The molecule has 0 bridgehead atoms. The number of aromatic nitrogens is 2. The van der Waals surface area contributed by atoms with E-state index in [1.165, 1.54) is 27.8 Å². The van der Waals surface area contributed by atoms with Crippen molar-refractivity contribution in [1.82, 2.24) is 14.3 Å². The van der Waals surface area contributed by atoms with Gasteiger partial charge < -0.3 is 4.90 Å². The summed E-state index contributed by atoms with van der Waals surface area (Å²) in [5.74, 6) is -0.885. The molecule has 0 spiro atoms. The lowest BCUT2D eigenvalue weighted by Gasteiger charge is -2.28. The van der Waals surface area contributed by atoms with Crippen LogP contribution in [-0.2, 0) is 23.6 Å². The number of hydrogen-bond acceptors (Lipinski definition) is 4. The number of hydrogen-bond donors (Lipinski definition) is 1. The molecule has 4 rings (SSSR count). The van der Waals surface area contributed by atoms with Gasteiger partial charge in [-0.25, -0.2) is 17.5 Å². The predicted molar refractivity (Wildman–Crippen MR) is 157 cm³/mol. The van der Waals surface area contributed by atoms with Crippen molar-refractivity contribution < 1.29 is 17.6 Å². The van der Waals surface area contributed by atoms with Gasteiger partial charge in [-0.3, -0.25) is 19.0 Å². The molecule has 0 unspecified atom stereocenters. The maximum absolute atomic E-state index is 14.5. The molecule has 0 aliphatic rings. The largest absolute Gasteiger partial charge is 0.332 e. The minimum atomic E-state index is -4.25. The minimum Gasteiger partial charge on any atom is -0.332 e. The van der Waals surface area contributed by atoms with Gasteiger partial charge in [0.2, 0.25) is 0 Å². The van der Waals surface area contributed by atoms with E-state index in [-0.39, 0.29) is 28.7 Å². The summed E-state index contributed by atoms with van der Waals surface area (Å²) in [5.41, 5.74) is 1.44. The molecule has 40 heavy (non-hydrogen) atoms. The molecule has 210 valence electrons. The van der Waals surface area contributed by atoms with Gasteiger partial charge in [0.1, 0.15) is 11.5 Å². The number of halogens is 2. The van der Waals surface area contributed by atoms with Crippen LogP contribution in [0, 0.1) is 19.7 Å². The third-order valence-corrected chi connectivity index (χ3v) is 8.61. The monoisotopic (exact) mass is 628 g/mol. The molecule has 0 fully saturated rings. The summed E-state index contributed by atoms with van der Waals surface area (Å²) in [6.07, 6.45) is 0. The molecule has 1 amide bonds. The Kier molecular flexibility index (Phi) is 8.36. The van der Waals surface area contributed by atoms with Crippen molar-refractivity contribution in [2.24, 2.45) is 7.05 Å². The second-order valence-corrected chi connectivity index (χ2v) is 12.4. The molecule has 0 atom stereocenters. The van der Waals surface area contributed by atoms with Crippen LogP contribution < -0.4 is 10.3 Å². The Morgan fingerprint density at radius 1 is 1.05 bits per heavy atom. The van der Waals surface area contributed by atoms with Crippen molar-refractivity contribution in [2.45, 2.75) is 45.2 Å². The van der Waals surface area contributed by atoms with E-state index in [4.69, 9.17) is 0 Å². The van der Waals surface area contributed by atoms with E-state index in [0.29, 0.717) is 27.0 Å². The lowest BCUT2D eigenvalue weighted by atomic mass is 10.1. The standard InChI is InChI=1S/C29H30BrFN4O4S/c1-18(2)34(17-21-15-22(30)12-14-26(21)31)28(36)25-16-24(13-11-19(25)3)40(38,39)32-27-20(4)33(5)35(29(27)37)23-9-7-6-8-10-23/h6-16,18,32H,17H2,1-5H3. The number of amides is 1. The highest BCUT2D eigenvalue weighted by molar-refractivity contribution is 9.10. The smallest absolute Gasteiger partial charge is 0.296 e. The number of carbonyl (C=O) groups excluding carboxylic acids is 1. The Morgan fingerprint density at radius 2 is 1.73 bits per heavy atom. The first-order valence-electron chi connectivity index (χ1n) is 12.5. The molecule has 1 heterocycles. The lowest BCUT2D eigenvalue weighted by Crippen LogP contribution is -2.37. The molecular formula is C29H30BrFN4O4S. The zero-order valence-electron chi connectivity index (χ0n) is 22.8. The number of rotatable bonds is 8. The van der Waals surface area contributed by atoms with Gasteiger partial charge in [-0.2, -0.15) is 0 Å². The second-order valence-electron chi connectivity index (χ2n) is 9.78. The molecule has 4 aromatic rings. The van der Waals surface area contributed by atoms with Crippen LogP contribution in [0.5, 0.6) is 0 Å². The van der Waals surface area contributed by atoms with E-state index < -0.39 is 27.3 Å². The maximum atomic E-state index is 14.5. The van der Waals surface area contributed by atoms with Crippen molar-refractivity contribution in [3.63, 3.8) is 0 Å². The molecule has 11 heteroatoms. The van der Waals surface area contributed by atoms with Crippen molar-refractivity contribution in [3.8, 4) is 5.69 Å². The fraction of sp³-hybridized carbons (Fsp3) is 0.241. The van der Waals surface area contributed by atoms with Crippen LogP contribution in [0.25, 0.3) is 5.69 Å². The fourth-order valence-corrected chi connectivity index (χ4v) is 5.92. The Bertz CT molecular complexity index is 1750. The van der Waals surface area contributed by atoms with Gasteiger partial charge in [-0.1, -0.05) is 40.2 Å². The molecule has 1 N–H and O–H groups in total. The quantitative estimate of drug-likeness (QED) is 0.277. The molecule has 0 aliphatic heterocycles. The van der Waals surface area contributed by atoms with Crippen LogP contribution in [0.2, 0.25) is 0 Å². The van der Waals surface area contributed by atoms with E-state index in [0.717, 1.165) is 0 Å². The molecule has 1 aromatic heterocycles. The zero-order chi connectivity index (χ0) is 29.4. The highest BCUT2D eigenvalue weighted by atomic mass is 79.9. The number of nitrogens with zero attached hydrogens (tertiary/aromatic N) is 3. The Hall–Kier alpha value is -3.70. The number of para-hydroxylation sites is 1. The van der Waals surface area contributed by atoms with Gasteiger partial charge in [0, 0.05) is 35.2 Å². The van der Waals surface area contributed by atoms with Crippen molar-refractivity contribution in [2.75, 3.05) is 4.72 Å². The molecule has 8 nitrogen and oxygen atoms in total. The van der Waals surface area contributed by atoms with E-state index >= 15 is 0 Å². The predicted octanol–water partition coefficient (Wildman–Crippen LogP) is 5.55. The van der Waals surface area contributed by atoms with E-state index in [9.17, 15) is 22.4 Å². The maximum Gasteiger partial charge on any atom is 0.296 e. The highest BCUT2D eigenvalue weighted by Gasteiger charge is 2.26. The minimum absolute atomic E-state index is 0.00131. The van der Waals surface area contributed by atoms with Crippen molar-refractivity contribution in [3.05, 3.63) is 110 Å². The van der Waals surface area contributed by atoms with Gasteiger partial charge in [-0.05, 0) is 75.7 Å². The van der Waals surface area contributed by atoms with Crippen molar-refractivity contribution >= 4 is 37.5 Å². The van der Waals surface area contributed by atoms with E-state index in [1.807, 2.05) is 6.07 Å². The molecule has 0 saturated carbocycles. The summed E-state index contributed by atoms with van der Waals surface area (Å²) in [6, 6.07) is 17.3. The summed E-state index contributed by atoms with van der Waals surface area (Å²) < 4.78 is 47.5. The fourth-order valence-electron chi connectivity index (χ4n) is 4.37. The molecule has 0 radical (unpaired) electrons. The normalized spacial score (nSPS) is 11.6. The zero-order valence-corrected chi connectivity index (χ0v) is 25.2. The average Bonchev–Trinajstić information content (AvgIpc) is 3.11. The number of benzene rings is 3.